The van der Waals surface area contributed by atoms with Crippen molar-refractivity contribution in [3.8, 4) is 5.75 Å². The van der Waals surface area contributed by atoms with E-state index in [0.717, 1.165) is 31.2 Å². The number of rotatable bonds is 4. The second kappa shape index (κ2) is 7.49. The minimum absolute atomic E-state index is 0.126. The Labute approximate surface area is 158 Å². The fourth-order valence-electron chi connectivity index (χ4n) is 5.58. The molecule has 0 radical (unpaired) electrons. The van der Waals surface area contributed by atoms with Crippen molar-refractivity contribution in [3.63, 3.8) is 0 Å². The average molecular weight is 359 g/mol. The summed E-state index contributed by atoms with van der Waals surface area (Å²) in [7, 11) is 1.74. The molecule has 0 spiro atoms. The van der Waals surface area contributed by atoms with Crippen LogP contribution < -0.4 is 4.74 Å². The summed E-state index contributed by atoms with van der Waals surface area (Å²) in [5, 5.41) is 10.7. The quantitative estimate of drug-likeness (QED) is 0.898. The highest BCUT2D eigenvalue weighted by atomic mass is 16.5. The molecule has 0 bridgehead atoms. The molecule has 4 heteroatoms. The van der Waals surface area contributed by atoms with Crippen molar-refractivity contribution in [2.75, 3.05) is 33.3 Å². The zero-order chi connectivity index (χ0) is 18.3. The Morgan fingerprint density at radius 1 is 1.04 bits per heavy atom. The summed E-state index contributed by atoms with van der Waals surface area (Å²) in [5.41, 5.74) is 3.95. The Kier molecular flexibility index (Phi) is 5.27. The van der Waals surface area contributed by atoms with Crippen LogP contribution in [0.15, 0.2) is 12.1 Å². The Morgan fingerprint density at radius 3 is 2.42 bits per heavy atom. The molecular formula is C22H34N2O2. The van der Waals surface area contributed by atoms with Gasteiger partial charge in [-0.1, -0.05) is 6.07 Å². The number of aliphatic hydroxyl groups is 1. The SMILES string of the molecule is COc1cc(C)c(CN2C[C@H]3C[C@@H](N4CCCC4)[C@H](O)C[C@H]3C2)cc1C. The highest BCUT2D eigenvalue weighted by molar-refractivity contribution is 5.41. The first-order valence-corrected chi connectivity index (χ1v) is 10.3. The lowest BCUT2D eigenvalue weighted by Crippen LogP contribution is -2.48. The van der Waals surface area contributed by atoms with Gasteiger partial charge in [0.1, 0.15) is 5.75 Å². The summed E-state index contributed by atoms with van der Waals surface area (Å²) in [6, 6.07) is 4.86. The number of ether oxygens (including phenoxy) is 1. The van der Waals surface area contributed by atoms with Crippen molar-refractivity contribution in [2.45, 2.75) is 58.2 Å². The van der Waals surface area contributed by atoms with E-state index in [2.05, 4.69) is 35.8 Å². The highest BCUT2D eigenvalue weighted by Gasteiger charge is 2.43. The molecule has 1 aliphatic carbocycles. The summed E-state index contributed by atoms with van der Waals surface area (Å²) in [6.07, 6.45) is 4.66. The molecule has 2 heterocycles. The van der Waals surface area contributed by atoms with Gasteiger partial charge < -0.3 is 9.84 Å². The number of nitrogens with zero attached hydrogens (tertiary/aromatic N) is 2. The maximum atomic E-state index is 10.7. The minimum atomic E-state index is -0.126. The number of aliphatic hydroxyl groups excluding tert-OH is 1. The maximum Gasteiger partial charge on any atom is 0.122 e. The van der Waals surface area contributed by atoms with E-state index in [1.54, 1.807) is 7.11 Å². The normalized spacial score (nSPS) is 32.8. The van der Waals surface area contributed by atoms with Gasteiger partial charge >= 0.3 is 0 Å². The van der Waals surface area contributed by atoms with Crippen molar-refractivity contribution < 1.29 is 9.84 Å². The van der Waals surface area contributed by atoms with E-state index < -0.39 is 0 Å². The first-order chi connectivity index (χ1) is 12.5. The molecule has 1 aromatic carbocycles. The van der Waals surface area contributed by atoms with Crippen molar-refractivity contribution in [3.05, 3.63) is 28.8 Å². The van der Waals surface area contributed by atoms with Crippen LogP contribution in [0.25, 0.3) is 0 Å². The Bertz CT molecular complexity index is 641. The molecule has 4 nitrogen and oxygen atoms in total. The lowest BCUT2D eigenvalue weighted by Gasteiger charge is -2.40. The zero-order valence-electron chi connectivity index (χ0n) is 16.6. The minimum Gasteiger partial charge on any atom is -0.496 e. The van der Waals surface area contributed by atoms with E-state index in [4.69, 9.17) is 4.74 Å². The largest absolute Gasteiger partial charge is 0.496 e. The second-order valence-corrected chi connectivity index (χ2v) is 8.81. The van der Waals surface area contributed by atoms with Crippen LogP contribution in [0.2, 0.25) is 0 Å². The molecule has 4 rings (SSSR count). The Balaban J connectivity index is 1.41. The molecular weight excluding hydrogens is 324 g/mol. The van der Waals surface area contributed by atoms with Crippen LogP contribution in [-0.4, -0.2) is 60.3 Å². The van der Waals surface area contributed by atoms with Gasteiger partial charge in [0.15, 0.2) is 0 Å². The van der Waals surface area contributed by atoms with Crippen molar-refractivity contribution in [1.82, 2.24) is 9.80 Å². The number of hydrogen-bond acceptors (Lipinski definition) is 4. The van der Waals surface area contributed by atoms with E-state index >= 15 is 0 Å². The van der Waals surface area contributed by atoms with Gasteiger partial charge in [-0.05, 0) is 87.2 Å². The summed E-state index contributed by atoms with van der Waals surface area (Å²) in [6.45, 7) is 10.0. The van der Waals surface area contributed by atoms with Crippen LogP contribution >= 0.6 is 0 Å². The van der Waals surface area contributed by atoms with Gasteiger partial charge in [0.05, 0.1) is 13.2 Å². The van der Waals surface area contributed by atoms with Crippen LogP contribution in [0.3, 0.4) is 0 Å². The number of hydrogen-bond donors (Lipinski definition) is 1. The van der Waals surface area contributed by atoms with Crippen LogP contribution in [0.5, 0.6) is 5.75 Å². The van der Waals surface area contributed by atoms with E-state index in [0.29, 0.717) is 12.0 Å². The topological polar surface area (TPSA) is 35.9 Å². The monoisotopic (exact) mass is 358 g/mol. The fraction of sp³-hybridized carbons (Fsp3) is 0.727. The second-order valence-electron chi connectivity index (χ2n) is 8.81. The van der Waals surface area contributed by atoms with Crippen LogP contribution in [0, 0.1) is 25.7 Å². The lowest BCUT2D eigenvalue weighted by atomic mass is 9.77. The van der Waals surface area contributed by atoms with Gasteiger partial charge in [-0.25, -0.2) is 0 Å². The average Bonchev–Trinajstić information content (AvgIpc) is 3.26. The molecule has 1 aromatic rings. The number of likely N-dealkylation sites (tertiary alicyclic amines) is 2. The fourth-order valence-corrected chi connectivity index (χ4v) is 5.58. The van der Waals surface area contributed by atoms with E-state index in [-0.39, 0.29) is 6.10 Å². The van der Waals surface area contributed by atoms with E-state index in [1.807, 2.05) is 0 Å². The van der Waals surface area contributed by atoms with Gasteiger partial charge in [-0.2, -0.15) is 0 Å². The molecule has 3 aliphatic rings. The van der Waals surface area contributed by atoms with E-state index in [9.17, 15) is 5.11 Å². The smallest absolute Gasteiger partial charge is 0.122 e. The third-order valence-electron chi connectivity index (χ3n) is 7.04. The highest BCUT2D eigenvalue weighted by Crippen LogP contribution is 2.39. The molecule has 0 amide bonds. The van der Waals surface area contributed by atoms with Crippen molar-refractivity contribution in [1.29, 1.82) is 0 Å². The molecule has 4 atom stereocenters. The number of aryl methyl sites for hydroxylation is 2. The number of methoxy groups -OCH3 is 1. The molecule has 0 aromatic heterocycles. The molecule has 2 aliphatic heterocycles. The molecule has 26 heavy (non-hydrogen) atoms. The molecule has 1 saturated carbocycles. The first kappa shape index (κ1) is 18.3. The third-order valence-corrected chi connectivity index (χ3v) is 7.04. The summed E-state index contributed by atoms with van der Waals surface area (Å²) in [4.78, 5) is 5.17. The van der Waals surface area contributed by atoms with Crippen LogP contribution in [0.1, 0.15) is 42.4 Å². The van der Waals surface area contributed by atoms with Crippen molar-refractivity contribution >= 4 is 0 Å². The van der Waals surface area contributed by atoms with Crippen LogP contribution in [0.4, 0.5) is 0 Å². The van der Waals surface area contributed by atoms with Gasteiger partial charge in [0.2, 0.25) is 0 Å². The summed E-state index contributed by atoms with van der Waals surface area (Å²) < 4.78 is 5.45. The lowest BCUT2D eigenvalue weighted by molar-refractivity contribution is -0.000861. The Hall–Kier alpha value is -1.10. The third kappa shape index (κ3) is 3.51. The van der Waals surface area contributed by atoms with Gasteiger partial charge in [0.25, 0.3) is 0 Å². The zero-order valence-corrected chi connectivity index (χ0v) is 16.6. The molecule has 1 N–H and O–H groups in total. The van der Waals surface area contributed by atoms with Crippen LogP contribution in [-0.2, 0) is 6.54 Å². The maximum absolute atomic E-state index is 10.7. The van der Waals surface area contributed by atoms with Gasteiger partial charge in [-0.3, -0.25) is 9.80 Å². The first-order valence-electron chi connectivity index (χ1n) is 10.3. The number of fused-ring (bicyclic) bond motifs is 1. The summed E-state index contributed by atoms with van der Waals surface area (Å²) >= 11 is 0. The molecule has 3 fully saturated rings. The van der Waals surface area contributed by atoms with Gasteiger partial charge in [-0.15, -0.1) is 0 Å². The van der Waals surface area contributed by atoms with Crippen molar-refractivity contribution in [2.24, 2.45) is 11.8 Å². The number of benzene rings is 1. The molecule has 144 valence electrons. The predicted molar refractivity (Wildman–Crippen MR) is 105 cm³/mol. The molecule has 2 saturated heterocycles. The van der Waals surface area contributed by atoms with E-state index in [1.165, 1.54) is 55.6 Å². The molecule has 0 unspecified atom stereocenters. The standard InChI is InChI=1S/C22H34N2O2/c1-15-9-22(26-3)16(2)8-17(15)12-23-13-18-10-20(24-6-4-5-7-24)21(25)11-19(18)14-23/h8-9,18-21,25H,4-7,10-14H2,1-3H3/t18-,19+,20-,21-/m1/s1. The summed E-state index contributed by atoms with van der Waals surface area (Å²) in [5.74, 6) is 2.41. The van der Waals surface area contributed by atoms with Gasteiger partial charge in [0, 0.05) is 25.7 Å². The predicted octanol–water partition coefficient (Wildman–Crippen LogP) is 2.98. The Morgan fingerprint density at radius 2 is 1.73 bits per heavy atom.